The van der Waals surface area contributed by atoms with Crippen LogP contribution in [0.25, 0.3) is 22.5 Å². The normalized spacial score (nSPS) is 16.2. The van der Waals surface area contributed by atoms with Gasteiger partial charge in [0.05, 0.1) is 11.4 Å². The second-order valence-corrected chi connectivity index (χ2v) is 14.5. The van der Waals surface area contributed by atoms with Crippen LogP contribution in [0.1, 0.15) is 137 Å². The number of imidazole rings is 1. The zero-order valence-electron chi connectivity index (χ0n) is 29.2. The minimum atomic E-state index is -0.115. The molecule has 0 radical (unpaired) electrons. The number of hydrogen-bond acceptors (Lipinski definition) is 2. The first kappa shape index (κ1) is 31.9. The molecule has 1 aliphatic heterocycles. The molecule has 5 aromatic rings. The number of fused-ring (bicyclic) bond motifs is 2. The fraction of sp³-hybridized carbons (Fsp3) is 0.372. The van der Waals surface area contributed by atoms with Crippen LogP contribution >= 0.6 is 0 Å². The molecule has 1 aliphatic rings. The Morgan fingerprint density at radius 2 is 1.22 bits per heavy atom. The van der Waals surface area contributed by atoms with Crippen molar-refractivity contribution in [3.63, 3.8) is 0 Å². The molecule has 1 N–H and O–H groups in total. The first-order valence-corrected chi connectivity index (χ1v) is 17.3. The molecule has 0 saturated carbocycles. The van der Waals surface area contributed by atoms with Crippen LogP contribution in [-0.2, 0) is 6.54 Å². The van der Waals surface area contributed by atoms with Gasteiger partial charge in [-0.2, -0.15) is 0 Å². The van der Waals surface area contributed by atoms with Crippen molar-refractivity contribution in [1.29, 1.82) is 0 Å². The van der Waals surface area contributed by atoms with E-state index in [0.717, 1.165) is 23.6 Å². The molecule has 0 spiro atoms. The van der Waals surface area contributed by atoms with Gasteiger partial charge in [-0.05, 0) is 63.0 Å². The number of nitrogens with zero attached hydrogens (tertiary/aromatic N) is 2. The summed E-state index contributed by atoms with van der Waals surface area (Å²) in [5, 5.41) is 4.26. The van der Waals surface area contributed by atoms with E-state index in [0.29, 0.717) is 29.6 Å². The molecular formula is C43H51N3. The lowest BCUT2D eigenvalue weighted by molar-refractivity contribution is 0.592. The number of hydrogen-bond donors (Lipinski definition) is 1. The van der Waals surface area contributed by atoms with Crippen LogP contribution < -0.4 is 5.32 Å². The number of para-hydroxylation sites is 1. The lowest BCUT2D eigenvalue weighted by Crippen LogP contribution is -2.21. The van der Waals surface area contributed by atoms with E-state index in [9.17, 15) is 0 Å². The minimum absolute atomic E-state index is 0.115. The lowest BCUT2D eigenvalue weighted by atomic mass is 9.81. The third-order valence-electron chi connectivity index (χ3n) is 9.84. The van der Waals surface area contributed by atoms with Crippen LogP contribution in [0.3, 0.4) is 0 Å². The van der Waals surface area contributed by atoms with Crippen molar-refractivity contribution < 1.29 is 0 Å². The number of benzene rings is 4. The molecular weight excluding hydrogens is 558 g/mol. The van der Waals surface area contributed by atoms with Gasteiger partial charge in [0, 0.05) is 23.4 Å². The number of anilines is 1. The highest BCUT2D eigenvalue weighted by molar-refractivity contribution is 5.80. The van der Waals surface area contributed by atoms with Gasteiger partial charge in [0.2, 0.25) is 0 Å². The maximum Gasteiger partial charge on any atom is 0.137 e. The van der Waals surface area contributed by atoms with Gasteiger partial charge < -0.3 is 9.88 Å². The number of nitrogens with one attached hydrogen (secondary N) is 1. The highest BCUT2D eigenvalue weighted by atomic mass is 15.2. The quantitative estimate of drug-likeness (QED) is 0.190. The molecule has 2 atom stereocenters. The Bertz CT molecular complexity index is 1780. The van der Waals surface area contributed by atoms with Crippen LogP contribution in [0, 0.1) is 0 Å². The molecule has 46 heavy (non-hydrogen) atoms. The van der Waals surface area contributed by atoms with Crippen molar-refractivity contribution in [3.05, 3.63) is 130 Å². The van der Waals surface area contributed by atoms with Crippen molar-refractivity contribution in [1.82, 2.24) is 9.55 Å². The van der Waals surface area contributed by atoms with Gasteiger partial charge in [0.1, 0.15) is 11.9 Å². The smallest absolute Gasteiger partial charge is 0.137 e. The van der Waals surface area contributed by atoms with E-state index >= 15 is 0 Å². The summed E-state index contributed by atoms with van der Waals surface area (Å²) in [5.74, 6) is 3.01. The summed E-state index contributed by atoms with van der Waals surface area (Å²) < 4.78 is 2.55. The fourth-order valence-corrected chi connectivity index (χ4v) is 7.34. The Hall–Kier alpha value is -4.11. The molecule has 0 fully saturated rings. The molecule has 4 aromatic carbocycles. The summed E-state index contributed by atoms with van der Waals surface area (Å²) in [6, 6.07) is 33.4. The first-order valence-electron chi connectivity index (χ1n) is 17.3. The van der Waals surface area contributed by atoms with E-state index in [1.54, 1.807) is 0 Å². The lowest BCUT2D eigenvalue weighted by Gasteiger charge is -2.30. The molecule has 0 bridgehead atoms. The Labute approximate surface area is 277 Å². The van der Waals surface area contributed by atoms with E-state index in [-0.39, 0.29) is 6.04 Å². The fourth-order valence-electron chi connectivity index (χ4n) is 7.34. The number of rotatable bonds is 8. The Morgan fingerprint density at radius 3 is 1.76 bits per heavy atom. The minimum Gasteiger partial charge on any atom is -0.371 e. The monoisotopic (exact) mass is 609 g/mol. The highest BCUT2D eigenvalue weighted by Gasteiger charge is 2.36. The summed E-state index contributed by atoms with van der Waals surface area (Å²) in [6.45, 7) is 21.9. The molecule has 3 nitrogen and oxygen atoms in total. The van der Waals surface area contributed by atoms with Crippen molar-refractivity contribution in [3.8, 4) is 22.5 Å². The molecule has 2 heterocycles. The van der Waals surface area contributed by atoms with Gasteiger partial charge in [-0.3, -0.25) is 0 Å². The third-order valence-corrected chi connectivity index (χ3v) is 9.84. The van der Waals surface area contributed by atoms with Gasteiger partial charge in [0.15, 0.2) is 0 Å². The predicted molar refractivity (Wildman–Crippen MR) is 196 cm³/mol. The summed E-state index contributed by atoms with van der Waals surface area (Å²) in [6.07, 6.45) is 0. The maximum atomic E-state index is 5.68. The highest BCUT2D eigenvalue weighted by Crippen LogP contribution is 2.47. The van der Waals surface area contributed by atoms with Crippen LogP contribution in [-0.4, -0.2) is 9.55 Å². The molecule has 1 aromatic heterocycles. The molecule has 0 saturated heterocycles. The van der Waals surface area contributed by atoms with Crippen molar-refractivity contribution in [2.75, 3.05) is 5.32 Å². The van der Waals surface area contributed by atoms with Crippen molar-refractivity contribution in [2.24, 2.45) is 0 Å². The van der Waals surface area contributed by atoms with E-state index in [4.69, 9.17) is 4.98 Å². The van der Waals surface area contributed by atoms with E-state index in [2.05, 4.69) is 163 Å². The third kappa shape index (κ3) is 5.81. The molecule has 3 heteroatoms. The average Bonchev–Trinajstić information content (AvgIpc) is 3.37. The van der Waals surface area contributed by atoms with Crippen LogP contribution in [0.5, 0.6) is 0 Å². The van der Waals surface area contributed by atoms with E-state index < -0.39 is 0 Å². The molecule has 2 unspecified atom stereocenters. The van der Waals surface area contributed by atoms with Gasteiger partial charge in [-0.1, -0.05) is 153 Å². The standard InChI is InChI=1S/C43H51N3/c1-26(2)33-23-36(29(7)8)38-37(24-33)30(9)25-46-42(32-19-14-11-15-20-32)39(31-17-12-10-13-18-31)45-43(46)41(38)44-40-34(27(3)4)21-16-22-35(40)28(5)6/h10-24,26-30,41,44H,25H2,1-9H3. The van der Waals surface area contributed by atoms with E-state index in [1.807, 2.05) is 0 Å². The average molecular weight is 610 g/mol. The van der Waals surface area contributed by atoms with Gasteiger partial charge in [-0.25, -0.2) is 4.98 Å². The van der Waals surface area contributed by atoms with Gasteiger partial charge >= 0.3 is 0 Å². The summed E-state index contributed by atoms with van der Waals surface area (Å²) in [7, 11) is 0. The van der Waals surface area contributed by atoms with Crippen molar-refractivity contribution >= 4 is 5.69 Å². The topological polar surface area (TPSA) is 29.9 Å². The maximum absolute atomic E-state index is 5.68. The molecule has 0 aliphatic carbocycles. The predicted octanol–water partition coefficient (Wildman–Crippen LogP) is 12.0. The summed E-state index contributed by atoms with van der Waals surface area (Å²) >= 11 is 0. The zero-order valence-corrected chi connectivity index (χ0v) is 29.2. The first-order chi connectivity index (χ1) is 22.1. The molecule has 6 rings (SSSR count). The molecule has 238 valence electrons. The Morgan fingerprint density at radius 1 is 0.652 bits per heavy atom. The van der Waals surface area contributed by atoms with Crippen LogP contribution in [0.15, 0.2) is 91.0 Å². The second-order valence-electron chi connectivity index (χ2n) is 14.5. The Kier molecular flexibility index (Phi) is 8.97. The van der Waals surface area contributed by atoms with Crippen LogP contribution in [0.4, 0.5) is 5.69 Å². The largest absolute Gasteiger partial charge is 0.371 e. The number of aromatic nitrogens is 2. The van der Waals surface area contributed by atoms with Gasteiger partial charge in [0.25, 0.3) is 0 Å². The van der Waals surface area contributed by atoms with E-state index in [1.165, 1.54) is 50.3 Å². The van der Waals surface area contributed by atoms with Gasteiger partial charge in [-0.15, -0.1) is 0 Å². The molecule has 0 amide bonds. The SMILES string of the molecule is CC(C)c1cc(C(C)C)c2c(c1)C(C)Cn1c(nc(-c3ccccc3)c1-c1ccccc1)C2Nc1c(C(C)C)cccc1C(C)C. The Balaban J connectivity index is 1.72. The second kappa shape index (κ2) is 12.9. The zero-order chi connectivity index (χ0) is 32.7. The van der Waals surface area contributed by atoms with Crippen molar-refractivity contribution in [2.45, 2.75) is 104 Å². The summed E-state index contributed by atoms with van der Waals surface area (Å²) in [4.78, 5) is 5.68. The summed E-state index contributed by atoms with van der Waals surface area (Å²) in [5.41, 5.74) is 14.3. The van der Waals surface area contributed by atoms with Crippen LogP contribution in [0.2, 0.25) is 0 Å².